The Hall–Kier alpha value is -7.17. The van der Waals surface area contributed by atoms with Crippen LogP contribution in [0.5, 0.6) is 11.5 Å². The summed E-state index contributed by atoms with van der Waals surface area (Å²) in [5, 5.41) is 58.2. The molecule has 0 saturated heterocycles. The molecule has 17 nitrogen and oxygen atoms in total. The highest BCUT2D eigenvalue weighted by Gasteiger charge is 2.41. The fourth-order valence-electron chi connectivity index (χ4n) is 9.81. The molecule has 0 fully saturated rings. The van der Waals surface area contributed by atoms with Crippen molar-refractivity contribution >= 4 is 48.7 Å². The minimum absolute atomic E-state index is 0. The summed E-state index contributed by atoms with van der Waals surface area (Å²) in [6, 6.07) is 35.4. The number of nitrogens with one attached hydrogen (secondary N) is 3. The van der Waals surface area contributed by atoms with Crippen LogP contribution in [-0.4, -0.2) is 121 Å². The van der Waals surface area contributed by atoms with Crippen LogP contribution >= 0.6 is 24.8 Å². The lowest BCUT2D eigenvalue weighted by molar-refractivity contribution is -0.141. The number of benzene rings is 4. The first-order valence-electron chi connectivity index (χ1n) is 27.8. The number of aliphatic carboxylic acids is 2. The molecule has 4 aromatic carbocycles. The highest BCUT2D eigenvalue weighted by molar-refractivity contribution is 6.00. The van der Waals surface area contributed by atoms with Crippen molar-refractivity contribution in [1.29, 1.82) is 5.26 Å². The number of hydrogen-bond donors (Lipinski definition) is 7. The van der Waals surface area contributed by atoms with E-state index in [4.69, 9.17) is 18.9 Å². The molecule has 2 aliphatic rings. The summed E-state index contributed by atoms with van der Waals surface area (Å²) in [5.74, 6) is -3.41. The Labute approximate surface area is 501 Å². The minimum atomic E-state index is -1.21. The molecule has 450 valence electrons. The Balaban J connectivity index is 0.000000629. The lowest BCUT2D eigenvalue weighted by Crippen LogP contribution is -2.36. The largest absolute Gasteiger partial charge is 0.491 e. The number of aliphatic hydroxyl groups is 2. The van der Waals surface area contributed by atoms with Crippen molar-refractivity contribution in [2.75, 3.05) is 53.1 Å². The number of hydrogen-bond acceptors (Lipinski definition) is 15. The number of aryl methyl sites for hydroxylation is 1. The first-order valence-corrected chi connectivity index (χ1v) is 27.8. The van der Waals surface area contributed by atoms with Crippen LogP contribution in [0.3, 0.4) is 0 Å². The van der Waals surface area contributed by atoms with E-state index in [2.05, 4.69) is 22.9 Å². The third kappa shape index (κ3) is 21.2. The second-order valence-electron chi connectivity index (χ2n) is 20.4. The maximum Gasteiger partial charge on any atom is 0.336 e. The predicted molar refractivity (Wildman–Crippen MR) is 324 cm³/mol. The Morgan fingerprint density at radius 2 is 1.05 bits per heavy atom. The first kappa shape index (κ1) is 70.1. The summed E-state index contributed by atoms with van der Waals surface area (Å²) >= 11 is 0. The Kier molecular flexibility index (Phi) is 30.8. The summed E-state index contributed by atoms with van der Waals surface area (Å²) in [4.78, 5) is 53.0. The number of carbonyl (C=O) groups is 4. The minimum Gasteiger partial charge on any atom is -0.491 e. The van der Waals surface area contributed by atoms with Gasteiger partial charge in [-0.3, -0.25) is 0 Å². The van der Waals surface area contributed by atoms with Crippen LogP contribution < -0.4 is 25.4 Å². The van der Waals surface area contributed by atoms with Crippen molar-refractivity contribution < 1.29 is 58.6 Å². The van der Waals surface area contributed by atoms with E-state index in [0.29, 0.717) is 47.6 Å². The molecule has 0 radical (unpaired) electrons. The van der Waals surface area contributed by atoms with Gasteiger partial charge in [0.2, 0.25) is 0 Å². The average molecular weight is 1190 g/mol. The van der Waals surface area contributed by atoms with Gasteiger partial charge in [0.15, 0.2) is 0 Å². The summed E-state index contributed by atoms with van der Waals surface area (Å²) in [5.41, 5.74) is 5.50. The number of esters is 2. The van der Waals surface area contributed by atoms with Gasteiger partial charge >= 0.3 is 23.9 Å². The molecule has 0 amide bonds. The van der Waals surface area contributed by atoms with E-state index in [9.17, 15) is 44.9 Å². The van der Waals surface area contributed by atoms with Crippen molar-refractivity contribution in [3.63, 3.8) is 0 Å². The molecule has 7 N–H and O–H groups in total. The number of dihydropyridines is 1. The van der Waals surface area contributed by atoms with Gasteiger partial charge in [0.1, 0.15) is 36.9 Å². The molecular weight excluding hydrogens is 1100 g/mol. The molecule has 4 atom stereocenters. The average Bonchev–Trinajstić information content (AvgIpc) is 2.48. The summed E-state index contributed by atoms with van der Waals surface area (Å²) in [6.07, 6.45) is 5.79. The van der Waals surface area contributed by atoms with Gasteiger partial charge in [-0.1, -0.05) is 105 Å². The van der Waals surface area contributed by atoms with Crippen LogP contribution in [0.25, 0.3) is 0 Å². The van der Waals surface area contributed by atoms with E-state index in [1.165, 1.54) is 0 Å². The van der Waals surface area contributed by atoms with E-state index in [1.807, 2.05) is 124 Å². The van der Waals surface area contributed by atoms with Gasteiger partial charge in [0.05, 0.1) is 59.0 Å². The molecule has 2 aliphatic heterocycles. The van der Waals surface area contributed by atoms with Crippen molar-refractivity contribution in [2.24, 2.45) is 0 Å². The van der Waals surface area contributed by atoms with E-state index in [0.717, 1.165) is 85.5 Å². The third-order valence-corrected chi connectivity index (χ3v) is 14.4. The van der Waals surface area contributed by atoms with Gasteiger partial charge in [-0.05, 0) is 121 Å². The van der Waals surface area contributed by atoms with Gasteiger partial charge in [0, 0.05) is 49.0 Å². The molecule has 19 heteroatoms. The summed E-state index contributed by atoms with van der Waals surface area (Å²) in [7, 11) is 1.87. The van der Waals surface area contributed by atoms with E-state index >= 15 is 0 Å². The molecule has 83 heavy (non-hydrogen) atoms. The van der Waals surface area contributed by atoms with Gasteiger partial charge in [-0.15, -0.1) is 24.8 Å². The molecule has 4 aromatic rings. The van der Waals surface area contributed by atoms with E-state index in [-0.39, 0.29) is 74.0 Å². The SMILES string of the molecule is CC1=C(C(=O)O)C(c2ccccc2C#N)C(C(=O)O)=C(C)N1.CC1=C(C(=O)OCCCCCCNCC(O)COc2ccccc2)C(c2ccccc2C)C(C(=O)OCCCCCC(C)NCC(O)COc2ccccc2)=C(C)N1C.Cl.Cl. The summed E-state index contributed by atoms with van der Waals surface area (Å²) < 4.78 is 23.1. The lowest BCUT2D eigenvalue weighted by Gasteiger charge is -2.36. The van der Waals surface area contributed by atoms with Gasteiger partial charge in [-0.25, -0.2) is 19.2 Å². The van der Waals surface area contributed by atoms with Gasteiger partial charge in [0.25, 0.3) is 0 Å². The number of rotatable bonds is 30. The number of unbranched alkanes of at least 4 members (excludes halogenated alkanes) is 5. The fourth-order valence-corrected chi connectivity index (χ4v) is 9.81. The number of nitriles is 1. The van der Waals surface area contributed by atoms with Crippen molar-refractivity contribution in [3.05, 3.63) is 177 Å². The molecule has 2 heterocycles. The van der Waals surface area contributed by atoms with Crippen molar-refractivity contribution in [3.8, 4) is 17.6 Å². The zero-order chi connectivity index (χ0) is 58.8. The van der Waals surface area contributed by atoms with Crippen LogP contribution in [-0.2, 0) is 28.7 Å². The summed E-state index contributed by atoms with van der Waals surface area (Å²) in [6.45, 7) is 13.7. The highest BCUT2D eigenvalue weighted by atomic mass is 35.5. The Morgan fingerprint density at radius 1 is 0.602 bits per heavy atom. The zero-order valence-corrected chi connectivity index (χ0v) is 50.3. The molecule has 0 bridgehead atoms. The molecule has 6 rings (SSSR count). The molecule has 0 aromatic heterocycles. The lowest BCUT2D eigenvalue weighted by atomic mass is 9.78. The Morgan fingerprint density at radius 3 is 1.55 bits per heavy atom. The van der Waals surface area contributed by atoms with Crippen LogP contribution in [0.1, 0.15) is 120 Å². The number of para-hydroxylation sites is 2. The number of ether oxygens (including phenoxy) is 4. The van der Waals surface area contributed by atoms with Crippen LogP contribution in [0, 0.1) is 18.3 Å². The zero-order valence-electron chi connectivity index (χ0n) is 48.7. The van der Waals surface area contributed by atoms with Crippen molar-refractivity contribution in [1.82, 2.24) is 20.9 Å². The van der Waals surface area contributed by atoms with E-state index in [1.54, 1.807) is 38.1 Å². The molecule has 0 aliphatic carbocycles. The monoisotopic (exact) mass is 1180 g/mol. The number of aliphatic hydroxyl groups excluding tert-OH is 2. The molecular formula is C64H83Cl2N5O12. The second kappa shape index (κ2) is 36.4. The first-order chi connectivity index (χ1) is 38.9. The number of carboxylic acid groups (broad SMARTS) is 2. The fraction of sp³-hybridized carbons (Fsp3) is 0.422. The van der Waals surface area contributed by atoms with E-state index < -0.39 is 47.9 Å². The standard InChI is InChI=1S/C48H67N3O8.C16H14N2O4.2ClH/c1-35-21-16-17-27-43(35)46-44(47(54)56-29-19-7-6-18-28-49-31-39(52)33-58-41-23-12-8-13-24-41)37(3)51(5)38(4)45(46)48(55)57-30-20-10-11-22-36(2)50-32-40(53)34-59-42-25-14-9-15-26-42;1-8-12(15(19)20)14(13(16(21)22)9(2)18-8)11-6-4-3-5-10(11)7-17;;/h8-9,12-17,21,23-27,36,39-40,46,49-50,52-53H,6-7,10-11,18-20,22,28-34H2,1-5H3;3-6,14,18H,1-2H3,(H,19,20)(H,21,22);2*1H. The predicted octanol–water partition coefficient (Wildman–Crippen LogP) is 10.0. The maximum absolute atomic E-state index is 13.9. The number of halogens is 2. The molecule has 0 saturated carbocycles. The van der Waals surface area contributed by atoms with Crippen LogP contribution in [0.15, 0.2) is 154 Å². The third-order valence-electron chi connectivity index (χ3n) is 14.4. The normalized spacial score (nSPS) is 15.3. The molecule has 0 spiro atoms. The van der Waals surface area contributed by atoms with Gasteiger partial charge < -0.3 is 60.2 Å². The topological polar surface area (TPSA) is 249 Å². The van der Waals surface area contributed by atoms with Crippen LogP contribution in [0.2, 0.25) is 0 Å². The number of allylic oxidation sites excluding steroid dienone is 4. The number of carboxylic acids is 2. The Bertz CT molecular complexity index is 2870. The molecule has 4 unspecified atom stereocenters. The number of nitrogens with zero attached hydrogens (tertiary/aromatic N) is 2. The maximum atomic E-state index is 13.9. The smallest absolute Gasteiger partial charge is 0.336 e. The highest BCUT2D eigenvalue weighted by Crippen LogP contribution is 2.44. The second-order valence-corrected chi connectivity index (χ2v) is 20.4. The van der Waals surface area contributed by atoms with Crippen molar-refractivity contribution in [2.45, 2.75) is 123 Å². The van der Waals surface area contributed by atoms with Crippen LogP contribution in [0.4, 0.5) is 0 Å². The quantitative estimate of drug-likeness (QED) is 0.0189. The number of carbonyl (C=O) groups excluding carboxylic acids is 2. The van der Waals surface area contributed by atoms with Gasteiger partial charge in [-0.2, -0.15) is 5.26 Å².